The van der Waals surface area contributed by atoms with Crippen molar-refractivity contribution in [1.29, 1.82) is 0 Å². The van der Waals surface area contributed by atoms with Crippen LogP contribution in [0.2, 0.25) is 0 Å². The van der Waals surface area contributed by atoms with Gasteiger partial charge in [-0.15, -0.1) is 12.4 Å². The molecule has 1 rings (SSSR count). The summed E-state index contributed by atoms with van der Waals surface area (Å²) in [5.74, 6) is 0.526. The van der Waals surface area contributed by atoms with Gasteiger partial charge in [-0.05, 0) is 25.8 Å². The molecule has 1 saturated carbocycles. The second-order valence-corrected chi connectivity index (χ2v) is 3.99. The minimum atomic E-state index is -4.06. The van der Waals surface area contributed by atoms with Crippen molar-refractivity contribution < 1.29 is 13.2 Å². The van der Waals surface area contributed by atoms with E-state index < -0.39 is 12.6 Å². The summed E-state index contributed by atoms with van der Waals surface area (Å²) in [5, 5.41) is 0. The van der Waals surface area contributed by atoms with Crippen molar-refractivity contribution >= 4 is 12.4 Å². The summed E-state index contributed by atoms with van der Waals surface area (Å²) in [7, 11) is 1.72. The highest BCUT2D eigenvalue weighted by Gasteiger charge is 2.34. The lowest BCUT2D eigenvalue weighted by Gasteiger charge is -2.27. The molecule has 1 fully saturated rings. The molecule has 0 spiro atoms. The molecule has 0 saturated heterocycles. The summed E-state index contributed by atoms with van der Waals surface area (Å²) >= 11 is 0. The van der Waals surface area contributed by atoms with E-state index in [0.29, 0.717) is 12.5 Å². The van der Waals surface area contributed by atoms with Gasteiger partial charge in [0.05, 0.1) is 6.42 Å². The van der Waals surface area contributed by atoms with E-state index >= 15 is 0 Å². The molecule has 0 aromatic carbocycles. The zero-order chi connectivity index (χ0) is 10.8. The fourth-order valence-corrected chi connectivity index (χ4v) is 1.68. The molecule has 0 aliphatic heterocycles. The number of rotatable bonds is 5. The minimum absolute atomic E-state index is 0. The first-order chi connectivity index (χ1) is 6.44. The predicted molar refractivity (Wildman–Crippen MR) is 56.1 cm³/mol. The van der Waals surface area contributed by atoms with Gasteiger partial charge >= 0.3 is 6.18 Å². The van der Waals surface area contributed by atoms with Gasteiger partial charge in [0, 0.05) is 19.1 Å². The van der Waals surface area contributed by atoms with Gasteiger partial charge in [-0.25, -0.2) is 0 Å². The molecule has 0 aromatic rings. The molecule has 1 unspecified atom stereocenters. The molecule has 1 aliphatic rings. The van der Waals surface area contributed by atoms with Crippen LogP contribution < -0.4 is 5.73 Å². The molecule has 0 aromatic heterocycles. The Kier molecular flexibility index (Phi) is 5.92. The molecular weight excluding hydrogens is 229 g/mol. The Balaban J connectivity index is 0.00000196. The summed E-state index contributed by atoms with van der Waals surface area (Å²) in [6.07, 6.45) is -2.58. The van der Waals surface area contributed by atoms with E-state index in [9.17, 15) is 13.2 Å². The number of alkyl halides is 3. The molecule has 2 N–H and O–H groups in total. The summed E-state index contributed by atoms with van der Waals surface area (Å²) < 4.78 is 35.8. The molecule has 6 heteroatoms. The van der Waals surface area contributed by atoms with Crippen LogP contribution in [-0.4, -0.2) is 37.3 Å². The van der Waals surface area contributed by atoms with Gasteiger partial charge in [-0.1, -0.05) is 0 Å². The molecule has 2 nitrogen and oxygen atoms in total. The molecule has 0 amide bonds. The third kappa shape index (κ3) is 5.58. The average molecular weight is 247 g/mol. The topological polar surface area (TPSA) is 29.3 Å². The second kappa shape index (κ2) is 5.92. The second-order valence-electron chi connectivity index (χ2n) is 3.99. The quantitative estimate of drug-likeness (QED) is 0.804. The molecule has 1 atom stereocenters. The fourth-order valence-electron chi connectivity index (χ4n) is 1.68. The third-order valence-corrected chi connectivity index (χ3v) is 2.72. The summed E-state index contributed by atoms with van der Waals surface area (Å²) in [6.45, 7) is 0.515. The summed E-state index contributed by atoms with van der Waals surface area (Å²) in [4.78, 5) is 1.74. The standard InChI is InChI=1S/C9H17F3N2.ClH/c1-14(5-4-9(10,11)12)8(6-13)7-2-3-7;/h7-8H,2-6,13H2,1H3;1H. The van der Waals surface area contributed by atoms with Gasteiger partial charge in [0.1, 0.15) is 0 Å². The van der Waals surface area contributed by atoms with Crippen LogP contribution in [0.4, 0.5) is 13.2 Å². The molecule has 0 heterocycles. The van der Waals surface area contributed by atoms with E-state index in [0.717, 1.165) is 12.8 Å². The van der Waals surface area contributed by atoms with Crippen LogP contribution in [0.5, 0.6) is 0 Å². The number of nitrogens with zero attached hydrogens (tertiary/aromatic N) is 1. The SMILES string of the molecule is CN(CCC(F)(F)F)C(CN)C1CC1.Cl. The van der Waals surface area contributed by atoms with Crippen LogP contribution in [0.1, 0.15) is 19.3 Å². The highest BCUT2D eigenvalue weighted by molar-refractivity contribution is 5.85. The number of halogens is 4. The normalized spacial score (nSPS) is 18.8. The first-order valence-corrected chi connectivity index (χ1v) is 4.91. The number of nitrogens with two attached hydrogens (primary N) is 1. The first kappa shape index (κ1) is 15.0. The summed E-state index contributed by atoms with van der Waals surface area (Å²) in [6, 6.07) is 0.136. The lowest BCUT2D eigenvalue weighted by atomic mass is 10.1. The van der Waals surface area contributed by atoms with Crippen molar-refractivity contribution in [2.75, 3.05) is 20.1 Å². The van der Waals surface area contributed by atoms with E-state index in [1.807, 2.05) is 0 Å². The highest BCUT2D eigenvalue weighted by Crippen LogP contribution is 2.34. The van der Waals surface area contributed by atoms with Crippen LogP contribution in [0.25, 0.3) is 0 Å². The highest BCUT2D eigenvalue weighted by atomic mass is 35.5. The van der Waals surface area contributed by atoms with Crippen molar-refractivity contribution in [2.45, 2.75) is 31.5 Å². The molecule has 0 radical (unpaired) electrons. The van der Waals surface area contributed by atoms with Crippen LogP contribution >= 0.6 is 12.4 Å². The van der Waals surface area contributed by atoms with Crippen molar-refractivity contribution in [1.82, 2.24) is 4.90 Å². The van der Waals surface area contributed by atoms with Gasteiger partial charge in [-0.3, -0.25) is 0 Å². The van der Waals surface area contributed by atoms with Crippen LogP contribution in [0, 0.1) is 5.92 Å². The van der Waals surface area contributed by atoms with Gasteiger partial charge in [0.15, 0.2) is 0 Å². The Labute approximate surface area is 94.4 Å². The number of hydrogen-bond donors (Lipinski definition) is 1. The molecule has 92 valence electrons. The Hall–Kier alpha value is 0. The maximum atomic E-state index is 11.9. The van der Waals surface area contributed by atoms with E-state index in [-0.39, 0.29) is 25.0 Å². The zero-order valence-corrected chi connectivity index (χ0v) is 9.57. The van der Waals surface area contributed by atoms with Gasteiger partial charge in [-0.2, -0.15) is 13.2 Å². The Bertz CT molecular complexity index is 183. The molecule has 1 aliphatic carbocycles. The Morgan fingerprint density at radius 3 is 2.27 bits per heavy atom. The van der Waals surface area contributed by atoms with Crippen LogP contribution in [0.15, 0.2) is 0 Å². The van der Waals surface area contributed by atoms with Crippen molar-refractivity contribution in [3.8, 4) is 0 Å². The number of hydrogen-bond acceptors (Lipinski definition) is 2. The Morgan fingerprint density at radius 1 is 1.40 bits per heavy atom. The molecular formula is C9H18ClF3N2. The maximum Gasteiger partial charge on any atom is 0.390 e. The lowest BCUT2D eigenvalue weighted by Crippen LogP contribution is -2.41. The van der Waals surface area contributed by atoms with Gasteiger partial charge in [0.2, 0.25) is 0 Å². The smallest absolute Gasteiger partial charge is 0.329 e. The van der Waals surface area contributed by atoms with Crippen LogP contribution in [0.3, 0.4) is 0 Å². The Morgan fingerprint density at radius 2 is 1.93 bits per heavy atom. The van der Waals surface area contributed by atoms with E-state index in [1.54, 1.807) is 11.9 Å². The van der Waals surface area contributed by atoms with Gasteiger partial charge < -0.3 is 10.6 Å². The van der Waals surface area contributed by atoms with E-state index in [2.05, 4.69) is 0 Å². The van der Waals surface area contributed by atoms with E-state index in [1.165, 1.54) is 0 Å². The van der Waals surface area contributed by atoms with Crippen molar-refractivity contribution in [2.24, 2.45) is 11.7 Å². The molecule has 15 heavy (non-hydrogen) atoms. The number of likely N-dealkylation sites (N-methyl/N-ethyl adjacent to an activating group) is 1. The predicted octanol–water partition coefficient (Wildman–Crippen LogP) is 2.03. The van der Waals surface area contributed by atoms with Crippen molar-refractivity contribution in [3.05, 3.63) is 0 Å². The van der Waals surface area contributed by atoms with E-state index in [4.69, 9.17) is 5.73 Å². The molecule has 0 bridgehead atoms. The van der Waals surface area contributed by atoms with Gasteiger partial charge in [0.25, 0.3) is 0 Å². The fraction of sp³-hybridized carbons (Fsp3) is 1.00. The maximum absolute atomic E-state index is 11.9. The third-order valence-electron chi connectivity index (χ3n) is 2.72. The van der Waals surface area contributed by atoms with Crippen LogP contribution in [-0.2, 0) is 0 Å². The lowest BCUT2D eigenvalue weighted by molar-refractivity contribution is -0.138. The largest absolute Gasteiger partial charge is 0.390 e. The average Bonchev–Trinajstić information content (AvgIpc) is 2.85. The minimum Gasteiger partial charge on any atom is -0.329 e. The summed E-state index contributed by atoms with van der Waals surface area (Å²) in [5.41, 5.74) is 5.53. The van der Waals surface area contributed by atoms with Crippen molar-refractivity contribution in [3.63, 3.8) is 0 Å². The zero-order valence-electron chi connectivity index (χ0n) is 8.76. The monoisotopic (exact) mass is 246 g/mol. The first-order valence-electron chi connectivity index (χ1n) is 4.91.